The predicted molar refractivity (Wildman–Crippen MR) is 135 cm³/mol. The summed E-state index contributed by atoms with van der Waals surface area (Å²) < 4.78 is 16.1. The van der Waals surface area contributed by atoms with Crippen molar-refractivity contribution < 1.29 is 14.2 Å². The first-order chi connectivity index (χ1) is 17.2. The second-order valence-corrected chi connectivity index (χ2v) is 8.31. The maximum absolute atomic E-state index is 5.49. The van der Waals surface area contributed by atoms with Gasteiger partial charge in [-0.25, -0.2) is 19.9 Å². The number of fused-ring (bicyclic) bond motifs is 1. The summed E-state index contributed by atoms with van der Waals surface area (Å²) >= 11 is 0. The van der Waals surface area contributed by atoms with Crippen molar-refractivity contribution in [2.24, 2.45) is 0 Å². The van der Waals surface area contributed by atoms with Crippen molar-refractivity contribution in [2.75, 3.05) is 57.3 Å². The molecule has 3 heterocycles. The first-order valence-electron chi connectivity index (χ1n) is 11.5. The van der Waals surface area contributed by atoms with Crippen molar-refractivity contribution in [3.05, 3.63) is 66.2 Å². The summed E-state index contributed by atoms with van der Waals surface area (Å²) in [5.41, 5.74) is 3.10. The molecule has 5 rings (SSSR count). The second-order valence-electron chi connectivity index (χ2n) is 8.31. The van der Waals surface area contributed by atoms with Crippen LogP contribution in [0.25, 0.3) is 10.9 Å². The zero-order valence-corrected chi connectivity index (χ0v) is 20.1. The first kappa shape index (κ1) is 22.6. The Hall–Kier alpha value is -4.14. The zero-order chi connectivity index (χ0) is 24.2. The Morgan fingerprint density at radius 1 is 0.714 bits per heavy atom. The fourth-order valence-electron chi connectivity index (χ4n) is 4.32. The Bertz CT molecular complexity index is 1290. The quantitative estimate of drug-likeness (QED) is 0.402. The van der Waals surface area contributed by atoms with Gasteiger partial charge >= 0.3 is 0 Å². The van der Waals surface area contributed by atoms with Crippen LogP contribution in [0.3, 0.4) is 0 Å². The molecular formula is C26H28N6O3. The predicted octanol–water partition coefficient (Wildman–Crippen LogP) is 3.36. The lowest BCUT2D eigenvalue weighted by atomic mass is 10.1. The fraction of sp³-hybridized carbons (Fsp3) is 0.308. The average molecular weight is 473 g/mol. The van der Waals surface area contributed by atoms with Crippen molar-refractivity contribution in [2.45, 2.75) is 6.42 Å². The van der Waals surface area contributed by atoms with E-state index in [4.69, 9.17) is 14.2 Å². The van der Waals surface area contributed by atoms with E-state index in [9.17, 15) is 0 Å². The first-order valence-corrected chi connectivity index (χ1v) is 11.5. The molecule has 0 aliphatic carbocycles. The third kappa shape index (κ3) is 4.75. The molecule has 1 fully saturated rings. The van der Waals surface area contributed by atoms with Gasteiger partial charge in [-0.05, 0) is 29.3 Å². The Labute approximate surface area is 204 Å². The van der Waals surface area contributed by atoms with Gasteiger partial charge in [-0.3, -0.25) is 0 Å². The summed E-state index contributed by atoms with van der Waals surface area (Å²) in [7, 11) is 4.93. The minimum atomic E-state index is 0.655. The van der Waals surface area contributed by atoms with Crippen LogP contribution in [-0.4, -0.2) is 67.4 Å². The van der Waals surface area contributed by atoms with Gasteiger partial charge in [0.15, 0.2) is 11.5 Å². The van der Waals surface area contributed by atoms with E-state index in [1.165, 1.54) is 5.56 Å². The van der Waals surface area contributed by atoms with Gasteiger partial charge in [-0.2, -0.15) is 0 Å². The highest BCUT2D eigenvalue weighted by atomic mass is 16.5. The van der Waals surface area contributed by atoms with Crippen LogP contribution in [0, 0.1) is 0 Å². The monoisotopic (exact) mass is 472 g/mol. The number of methoxy groups -OCH3 is 3. The van der Waals surface area contributed by atoms with Crippen LogP contribution in [0.15, 0.2) is 55.1 Å². The summed E-state index contributed by atoms with van der Waals surface area (Å²) in [5, 5.41) is 0.942. The topological polar surface area (TPSA) is 85.7 Å². The number of benzene rings is 2. The van der Waals surface area contributed by atoms with Gasteiger partial charge in [-0.15, -0.1) is 0 Å². The number of rotatable bonds is 7. The van der Waals surface area contributed by atoms with Crippen LogP contribution >= 0.6 is 0 Å². The standard InChI is InChI=1S/C26H28N6O3/c1-33-20-6-4-18(5-7-20)12-19-15-27-26(28-16-19)32-10-8-31(9-11-32)25-21-13-23(34-2)24(35-3)14-22(21)29-17-30-25/h4-7,13-17H,8-12H2,1-3H3. The van der Waals surface area contributed by atoms with E-state index in [2.05, 4.69) is 41.9 Å². The number of nitrogens with zero attached hydrogens (tertiary/aromatic N) is 6. The van der Waals surface area contributed by atoms with Gasteiger partial charge in [0.25, 0.3) is 0 Å². The van der Waals surface area contributed by atoms with Crippen LogP contribution in [-0.2, 0) is 6.42 Å². The molecule has 1 aliphatic heterocycles. The number of ether oxygens (including phenoxy) is 3. The number of aromatic nitrogens is 4. The zero-order valence-electron chi connectivity index (χ0n) is 20.1. The molecule has 180 valence electrons. The van der Waals surface area contributed by atoms with Gasteiger partial charge in [0.2, 0.25) is 5.95 Å². The molecule has 0 bridgehead atoms. The Balaban J connectivity index is 1.26. The van der Waals surface area contributed by atoms with E-state index >= 15 is 0 Å². The molecule has 2 aromatic carbocycles. The highest BCUT2D eigenvalue weighted by Gasteiger charge is 2.22. The maximum Gasteiger partial charge on any atom is 0.225 e. The van der Waals surface area contributed by atoms with Crippen molar-refractivity contribution in [3.8, 4) is 17.2 Å². The van der Waals surface area contributed by atoms with E-state index in [0.717, 1.165) is 66.6 Å². The molecule has 2 aromatic heterocycles. The molecular weight excluding hydrogens is 444 g/mol. The van der Waals surface area contributed by atoms with Gasteiger partial charge in [-0.1, -0.05) is 12.1 Å². The highest BCUT2D eigenvalue weighted by molar-refractivity contribution is 5.92. The molecule has 0 unspecified atom stereocenters. The van der Waals surface area contributed by atoms with Crippen LogP contribution < -0.4 is 24.0 Å². The van der Waals surface area contributed by atoms with Crippen LogP contribution in [0.1, 0.15) is 11.1 Å². The minimum absolute atomic E-state index is 0.655. The third-order valence-corrected chi connectivity index (χ3v) is 6.24. The lowest BCUT2D eigenvalue weighted by Gasteiger charge is -2.35. The van der Waals surface area contributed by atoms with Crippen molar-refractivity contribution in [1.29, 1.82) is 0 Å². The number of piperazine rings is 1. The van der Waals surface area contributed by atoms with Crippen LogP contribution in [0.4, 0.5) is 11.8 Å². The molecule has 0 atom stereocenters. The smallest absolute Gasteiger partial charge is 0.225 e. The summed E-state index contributed by atoms with van der Waals surface area (Å²) in [6.07, 6.45) is 6.21. The molecule has 0 N–H and O–H groups in total. The van der Waals surface area contributed by atoms with E-state index in [1.807, 2.05) is 36.7 Å². The number of hydrogen-bond donors (Lipinski definition) is 0. The SMILES string of the molecule is COc1ccc(Cc2cnc(N3CCN(c4ncnc5cc(OC)c(OC)cc45)CC3)nc2)cc1. The molecule has 0 amide bonds. The molecule has 9 heteroatoms. The Morgan fingerprint density at radius 2 is 1.37 bits per heavy atom. The van der Waals surface area contributed by atoms with Crippen LogP contribution in [0.2, 0.25) is 0 Å². The van der Waals surface area contributed by atoms with Gasteiger partial charge in [0.05, 0.1) is 26.8 Å². The lowest BCUT2D eigenvalue weighted by molar-refractivity contribution is 0.356. The minimum Gasteiger partial charge on any atom is -0.497 e. The normalized spacial score (nSPS) is 13.7. The molecule has 4 aromatic rings. The average Bonchev–Trinajstić information content (AvgIpc) is 2.93. The van der Waals surface area contributed by atoms with Crippen molar-refractivity contribution in [3.63, 3.8) is 0 Å². The van der Waals surface area contributed by atoms with E-state index < -0.39 is 0 Å². The number of anilines is 2. The van der Waals surface area contributed by atoms with E-state index in [-0.39, 0.29) is 0 Å². The van der Waals surface area contributed by atoms with Gasteiger partial charge in [0.1, 0.15) is 17.9 Å². The number of hydrogen-bond acceptors (Lipinski definition) is 9. The summed E-state index contributed by atoms with van der Waals surface area (Å²) in [4.78, 5) is 22.8. The molecule has 1 aliphatic rings. The molecule has 1 saturated heterocycles. The Kier molecular flexibility index (Phi) is 6.47. The summed E-state index contributed by atoms with van der Waals surface area (Å²) in [6.45, 7) is 3.21. The fourth-order valence-corrected chi connectivity index (χ4v) is 4.32. The summed E-state index contributed by atoms with van der Waals surface area (Å²) in [5.74, 6) is 3.82. The molecule has 0 spiro atoms. The lowest BCUT2D eigenvalue weighted by Crippen LogP contribution is -2.47. The van der Waals surface area contributed by atoms with E-state index in [1.54, 1.807) is 27.7 Å². The second kappa shape index (κ2) is 10.0. The van der Waals surface area contributed by atoms with E-state index in [0.29, 0.717) is 11.5 Å². The van der Waals surface area contributed by atoms with Crippen molar-refractivity contribution >= 4 is 22.7 Å². The Morgan fingerprint density at radius 3 is 2.03 bits per heavy atom. The van der Waals surface area contributed by atoms with Crippen molar-refractivity contribution in [1.82, 2.24) is 19.9 Å². The maximum atomic E-state index is 5.49. The third-order valence-electron chi connectivity index (χ3n) is 6.24. The van der Waals surface area contributed by atoms with Crippen LogP contribution in [0.5, 0.6) is 17.2 Å². The molecule has 0 saturated carbocycles. The highest BCUT2D eigenvalue weighted by Crippen LogP contribution is 2.35. The molecule has 9 nitrogen and oxygen atoms in total. The molecule has 0 radical (unpaired) electrons. The largest absolute Gasteiger partial charge is 0.497 e. The molecule has 35 heavy (non-hydrogen) atoms. The van der Waals surface area contributed by atoms with Gasteiger partial charge in [0, 0.05) is 56.4 Å². The van der Waals surface area contributed by atoms with Gasteiger partial charge < -0.3 is 24.0 Å². The summed E-state index contributed by atoms with van der Waals surface area (Å²) in [6, 6.07) is 11.9.